The zero-order valence-corrected chi connectivity index (χ0v) is 12.1. The highest BCUT2D eigenvalue weighted by Gasteiger charge is 2.23. The molecule has 2 rings (SSSR count). The third-order valence-corrected chi connectivity index (χ3v) is 4.97. The van der Waals surface area contributed by atoms with E-state index in [2.05, 4.69) is 10.0 Å². The van der Waals surface area contributed by atoms with Gasteiger partial charge in [0.25, 0.3) is 0 Å². The fourth-order valence-electron chi connectivity index (χ4n) is 2.29. The molecular weight excluding hydrogens is 264 g/mol. The van der Waals surface area contributed by atoms with Crippen molar-refractivity contribution in [1.29, 1.82) is 0 Å². The molecule has 1 saturated heterocycles. The number of aryl methyl sites for hydroxylation is 1. The van der Waals surface area contributed by atoms with Crippen LogP contribution < -0.4 is 14.8 Å². The summed E-state index contributed by atoms with van der Waals surface area (Å²) in [4.78, 5) is 0.318. The summed E-state index contributed by atoms with van der Waals surface area (Å²) < 4.78 is 32.5. The van der Waals surface area contributed by atoms with Gasteiger partial charge in [-0.05, 0) is 50.1 Å². The van der Waals surface area contributed by atoms with Crippen molar-refractivity contribution in [1.82, 2.24) is 10.0 Å². The van der Waals surface area contributed by atoms with E-state index >= 15 is 0 Å². The Bertz CT molecular complexity index is 537. The highest BCUT2D eigenvalue weighted by molar-refractivity contribution is 7.89. The molecule has 1 heterocycles. The van der Waals surface area contributed by atoms with Crippen LogP contribution in [-0.2, 0) is 10.0 Å². The predicted molar refractivity (Wildman–Crippen MR) is 73.9 cm³/mol. The van der Waals surface area contributed by atoms with Gasteiger partial charge in [-0.25, -0.2) is 13.1 Å². The first-order chi connectivity index (χ1) is 9.03. The molecule has 6 heteroatoms. The van der Waals surface area contributed by atoms with E-state index in [9.17, 15) is 8.42 Å². The van der Waals surface area contributed by atoms with Crippen LogP contribution in [0.5, 0.6) is 5.75 Å². The van der Waals surface area contributed by atoms with E-state index in [4.69, 9.17) is 4.74 Å². The number of nitrogens with one attached hydrogen (secondary N) is 2. The number of sulfonamides is 1. The lowest BCUT2D eigenvalue weighted by atomic mass is 10.1. The first-order valence-corrected chi connectivity index (χ1v) is 7.89. The Morgan fingerprint density at radius 1 is 1.42 bits per heavy atom. The molecular formula is C13H20N2O3S. The van der Waals surface area contributed by atoms with Gasteiger partial charge in [-0.3, -0.25) is 0 Å². The van der Waals surface area contributed by atoms with Gasteiger partial charge >= 0.3 is 0 Å². The zero-order chi connectivity index (χ0) is 13.9. The number of rotatable bonds is 4. The van der Waals surface area contributed by atoms with E-state index in [0.717, 1.165) is 19.4 Å². The normalized spacial score (nSPS) is 20.2. The van der Waals surface area contributed by atoms with Crippen molar-refractivity contribution >= 4 is 10.0 Å². The minimum atomic E-state index is -3.46. The van der Waals surface area contributed by atoms with Crippen molar-refractivity contribution in [3.63, 3.8) is 0 Å². The second-order valence-electron chi connectivity index (χ2n) is 4.80. The molecule has 0 spiro atoms. The highest BCUT2D eigenvalue weighted by atomic mass is 32.2. The Hall–Kier alpha value is -1.11. The minimum Gasteiger partial charge on any atom is -0.497 e. The van der Waals surface area contributed by atoms with E-state index in [-0.39, 0.29) is 6.04 Å². The van der Waals surface area contributed by atoms with Gasteiger partial charge in [-0.2, -0.15) is 0 Å². The van der Waals surface area contributed by atoms with Crippen LogP contribution in [0, 0.1) is 6.92 Å². The average Bonchev–Trinajstić information content (AvgIpc) is 2.38. The van der Waals surface area contributed by atoms with Gasteiger partial charge in [0, 0.05) is 12.6 Å². The van der Waals surface area contributed by atoms with E-state index in [1.165, 1.54) is 0 Å². The van der Waals surface area contributed by atoms with Crippen LogP contribution in [0.4, 0.5) is 0 Å². The molecule has 1 aliphatic rings. The summed E-state index contributed by atoms with van der Waals surface area (Å²) in [6.07, 6.45) is 1.87. The second-order valence-corrected chi connectivity index (χ2v) is 6.48. The van der Waals surface area contributed by atoms with Crippen LogP contribution in [0.1, 0.15) is 18.4 Å². The first-order valence-electron chi connectivity index (χ1n) is 6.40. The van der Waals surface area contributed by atoms with Gasteiger partial charge in [0.1, 0.15) is 5.75 Å². The smallest absolute Gasteiger partial charge is 0.241 e. The Balaban J connectivity index is 2.18. The molecule has 0 aliphatic carbocycles. The van der Waals surface area contributed by atoms with E-state index in [1.807, 2.05) is 0 Å². The molecule has 1 aromatic rings. The topological polar surface area (TPSA) is 67.4 Å². The molecule has 0 aromatic heterocycles. The van der Waals surface area contributed by atoms with Crippen molar-refractivity contribution in [3.8, 4) is 5.75 Å². The standard InChI is InChI=1S/C13H20N2O3S/c1-10-8-12(18-2)5-6-13(10)19(16,17)15-11-4-3-7-14-9-11/h5-6,8,11,14-15H,3-4,7,9H2,1-2H3/t11-/m0/s1. The van der Waals surface area contributed by atoms with Gasteiger partial charge in [0.2, 0.25) is 10.0 Å². The summed E-state index contributed by atoms with van der Waals surface area (Å²) in [5.41, 5.74) is 0.690. The molecule has 106 valence electrons. The maximum Gasteiger partial charge on any atom is 0.241 e. The highest BCUT2D eigenvalue weighted by Crippen LogP contribution is 2.21. The molecule has 2 N–H and O–H groups in total. The lowest BCUT2D eigenvalue weighted by Gasteiger charge is -2.24. The lowest BCUT2D eigenvalue weighted by molar-refractivity contribution is 0.414. The molecule has 1 fully saturated rings. The fraction of sp³-hybridized carbons (Fsp3) is 0.538. The van der Waals surface area contributed by atoms with Crippen molar-refractivity contribution in [3.05, 3.63) is 23.8 Å². The van der Waals surface area contributed by atoms with Gasteiger partial charge in [-0.15, -0.1) is 0 Å². The van der Waals surface area contributed by atoms with Crippen molar-refractivity contribution in [2.45, 2.75) is 30.7 Å². The molecule has 1 aliphatic heterocycles. The molecule has 0 saturated carbocycles. The van der Waals surface area contributed by atoms with Crippen LogP contribution in [-0.4, -0.2) is 34.7 Å². The van der Waals surface area contributed by atoms with Gasteiger partial charge < -0.3 is 10.1 Å². The molecule has 0 radical (unpaired) electrons. The number of methoxy groups -OCH3 is 1. The number of hydrogen-bond acceptors (Lipinski definition) is 4. The summed E-state index contributed by atoms with van der Waals surface area (Å²) >= 11 is 0. The van der Waals surface area contributed by atoms with Crippen LogP contribution in [0.15, 0.2) is 23.1 Å². The summed E-state index contributed by atoms with van der Waals surface area (Å²) in [5, 5.41) is 3.19. The monoisotopic (exact) mass is 284 g/mol. The lowest BCUT2D eigenvalue weighted by Crippen LogP contribution is -2.45. The van der Waals surface area contributed by atoms with Crippen LogP contribution in [0.2, 0.25) is 0 Å². The largest absolute Gasteiger partial charge is 0.497 e. The maximum atomic E-state index is 12.3. The van der Waals surface area contributed by atoms with Crippen LogP contribution in [0.3, 0.4) is 0 Å². The van der Waals surface area contributed by atoms with Crippen molar-refractivity contribution < 1.29 is 13.2 Å². The van der Waals surface area contributed by atoms with Crippen molar-refractivity contribution in [2.75, 3.05) is 20.2 Å². The fourth-order valence-corrected chi connectivity index (χ4v) is 3.78. The molecule has 19 heavy (non-hydrogen) atoms. The number of hydrogen-bond donors (Lipinski definition) is 2. The summed E-state index contributed by atoms with van der Waals surface area (Å²) in [6.45, 7) is 3.42. The number of ether oxygens (including phenoxy) is 1. The second kappa shape index (κ2) is 5.90. The Kier molecular flexibility index (Phi) is 4.44. The molecule has 5 nitrogen and oxygen atoms in total. The third kappa shape index (κ3) is 3.46. The first kappa shape index (κ1) is 14.3. The molecule has 0 bridgehead atoms. The molecule has 0 unspecified atom stereocenters. The number of piperidine rings is 1. The third-order valence-electron chi connectivity index (χ3n) is 3.29. The van der Waals surface area contributed by atoms with E-state index < -0.39 is 10.0 Å². The Labute approximate surface area is 114 Å². The summed E-state index contributed by atoms with van der Waals surface area (Å²) in [6, 6.07) is 4.96. The Morgan fingerprint density at radius 3 is 2.79 bits per heavy atom. The predicted octanol–water partition coefficient (Wildman–Crippen LogP) is 1.03. The summed E-state index contributed by atoms with van der Waals surface area (Å²) in [7, 11) is -1.90. The van der Waals surface area contributed by atoms with Gasteiger partial charge in [0.05, 0.1) is 12.0 Å². The molecule has 1 atom stereocenters. The van der Waals surface area contributed by atoms with E-state index in [1.54, 1.807) is 32.2 Å². The average molecular weight is 284 g/mol. The Morgan fingerprint density at radius 2 is 2.21 bits per heavy atom. The molecule has 0 amide bonds. The SMILES string of the molecule is COc1ccc(S(=O)(=O)N[C@H]2CCCNC2)c(C)c1. The van der Waals surface area contributed by atoms with Gasteiger partial charge in [-0.1, -0.05) is 0 Å². The van der Waals surface area contributed by atoms with E-state index in [0.29, 0.717) is 22.8 Å². The van der Waals surface area contributed by atoms with Crippen LogP contribution >= 0.6 is 0 Å². The molecule has 1 aromatic carbocycles. The van der Waals surface area contributed by atoms with Crippen LogP contribution in [0.25, 0.3) is 0 Å². The van der Waals surface area contributed by atoms with Crippen molar-refractivity contribution in [2.24, 2.45) is 0 Å². The maximum absolute atomic E-state index is 12.3. The summed E-state index contributed by atoms with van der Waals surface area (Å²) in [5.74, 6) is 0.663. The number of benzene rings is 1. The zero-order valence-electron chi connectivity index (χ0n) is 11.3. The van der Waals surface area contributed by atoms with Gasteiger partial charge in [0.15, 0.2) is 0 Å². The quantitative estimate of drug-likeness (QED) is 0.867. The minimum absolute atomic E-state index is 0.0275.